The first kappa shape index (κ1) is 15.5. The SMILES string of the molecule is COCc1c(Br)cccc1NC(=O)Cc1ccc(N)cc1. The van der Waals surface area contributed by atoms with Crippen molar-refractivity contribution in [2.75, 3.05) is 18.2 Å². The predicted octanol–water partition coefficient (Wildman–Crippen LogP) is 3.36. The maximum Gasteiger partial charge on any atom is 0.228 e. The second-order valence-electron chi connectivity index (χ2n) is 4.67. The Morgan fingerprint density at radius 2 is 1.95 bits per heavy atom. The highest BCUT2D eigenvalue weighted by Crippen LogP contribution is 2.25. The monoisotopic (exact) mass is 348 g/mol. The van der Waals surface area contributed by atoms with Crippen molar-refractivity contribution in [2.24, 2.45) is 0 Å². The van der Waals surface area contributed by atoms with Crippen LogP contribution >= 0.6 is 15.9 Å². The first-order chi connectivity index (χ1) is 10.1. The van der Waals surface area contributed by atoms with Gasteiger partial charge in [0, 0.05) is 28.5 Å². The van der Waals surface area contributed by atoms with Crippen LogP contribution in [0.4, 0.5) is 11.4 Å². The van der Waals surface area contributed by atoms with Crippen molar-refractivity contribution in [3.63, 3.8) is 0 Å². The lowest BCUT2D eigenvalue weighted by atomic mass is 10.1. The third-order valence-electron chi connectivity index (χ3n) is 3.03. The molecule has 0 heterocycles. The number of hydrogen-bond acceptors (Lipinski definition) is 3. The number of carbonyl (C=O) groups excluding carboxylic acids is 1. The average Bonchev–Trinajstić information content (AvgIpc) is 2.45. The van der Waals surface area contributed by atoms with Gasteiger partial charge < -0.3 is 15.8 Å². The molecular weight excluding hydrogens is 332 g/mol. The number of amides is 1. The number of nitrogens with one attached hydrogen (secondary N) is 1. The van der Waals surface area contributed by atoms with Gasteiger partial charge in [0.2, 0.25) is 5.91 Å². The number of hydrogen-bond donors (Lipinski definition) is 2. The van der Waals surface area contributed by atoms with Gasteiger partial charge in [0.25, 0.3) is 0 Å². The molecule has 0 spiro atoms. The van der Waals surface area contributed by atoms with E-state index in [0.29, 0.717) is 18.7 Å². The number of nitrogens with two attached hydrogens (primary N) is 1. The van der Waals surface area contributed by atoms with Gasteiger partial charge in [-0.3, -0.25) is 4.79 Å². The molecule has 1 amide bonds. The second-order valence-corrected chi connectivity index (χ2v) is 5.52. The summed E-state index contributed by atoms with van der Waals surface area (Å²) in [6, 6.07) is 12.9. The number of carbonyl (C=O) groups is 1. The van der Waals surface area contributed by atoms with E-state index in [4.69, 9.17) is 10.5 Å². The fraction of sp³-hybridized carbons (Fsp3) is 0.188. The van der Waals surface area contributed by atoms with Crippen LogP contribution in [0.1, 0.15) is 11.1 Å². The summed E-state index contributed by atoms with van der Waals surface area (Å²) in [5.74, 6) is -0.0739. The third-order valence-corrected chi connectivity index (χ3v) is 3.77. The average molecular weight is 349 g/mol. The number of nitrogen functional groups attached to an aromatic ring is 1. The molecule has 4 nitrogen and oxygen atoms in total. The van der Waals surface area contributed by atoms with Crippen molar-refractivity contribution in [2.45, 2.75) is 13.0 Å². The largest absolute Gasteiger partial charge is 0.399 e. The smallest absolute Gasteiger partial charge is 0.228 e. The molecule has 0 saturated heterocycles. The molecule has 0 aliphatic rings. The lowest BCUT2D eigenvalue weighted by Crippen LogP contribution is -2.16. The number of rotatable bonds is 5. The standard InChI is InChI=1S/C16H17BrN2O2/c1-21-10-13-14(17)3-2-4-15(13)19-16(20)9-11-5-7-12(18)8-6-11/h2-8H,9-10,18H2,1H3,(H,19,20). The molecule has 2 rings (SSSR count). The van der Waals surface area contributed by atoms with Crippen molar-refractivity contribution in [3.8, 4) is 0 Å². The number of methoxy groups -OCH3 is 1. The second kappa shape index (κ2) is 7.24. The number of ether oxygens (including phenoxy) is 1. The van der Waals surface area contributed by atoms with Gasteiger partial charge >= 0.3 is 0 Å². The highest BCUT2D eigenvalue weighted by atomic mass is 79.9. The molecular formula is C16H17BrN2O2. The molecule has 2 aromatic rings. The highest BCUT2D eigenvalue weighted by molar-refractivity contribution is 9.10. The molecule has 110 valence electrons. The van der Waals surface area contributed by atoms with Crippen LogP contribution in [0.3, 0.4) is 0 Å². The molecule has 21 heavy (non-hydrogen) atoms. The van der Waals surface area contributed by atoms with Gasteiger partial charge in [-0.05, 0) is 29.8 Å². The molecule has 5 heteroatoms. The summed E-state index contributed by atoms with van der Waals surface area (Å²) in [6.45, 7) is 0.429. The maximum absolute atomic E-state index is 12.1. The van der Waals surface area contributed by atoms with Crippen LogP contribution in [-0.4, -0.2) is 13.0 Å². The van der Waals surface area contributed by atoms with Crippen molar-refractivity contribution in [3.05, 3.63) is 58.1 Å². The fourth-order valence-corrected chi connectivity index (χ4v) is 2.46. The van der Waals surface area contributed by atoms with Gasteiger partial charge in [-0.1, -0.05) is 34.1 Å². The fourth-order valence-electron chi connectivity index (χ4n) is 1.98. The zero-order valence-electron chi connectivity index (χ0n) is 11.7. The summed E-state index contributed by atoms with van der Waals surface area (Å²) < 4.78 is 6.08. The summed E-state index contributed by atoms with van der Waals surface area (Å²) in [6.07, 6.45) is 0.305. The Kier molecular flexibility index (Phi) is 5.36. The van der Waals surface area contributed by atoms with E-state index in [1.165, 1.54) is 0 Å². The van der Waals surface area contributed by atoms with Crippen LogP contribution < -0.4 is 11.1 Å². The summed E-state index contributed by atoms with van der Waals surface area (Å²) in [4.78, 5) is 12.1. The lowest BCUT2D eigenvalue weighted by molar-refractivity contribution is -0.115. The molecule has 0 aromatic heterocycles. The first-order valence-corrected chi connectivity index (χ1v) is 7.30. The van der Waals surface area contributed by atoms with Crippen molar-refractivity contribution >= 4 is 33.2 Å². The Bertz CT molecular complexity index is 627. The highest BCUT2D eigenvalue weighted by Gasteiger charge is 2.10. The number of benzene rings is 2. The quantitative estimate of drug-likeness (QED) is 0.814. The van der Waals surface area contributed by atoms with Gasteiger partial charge in [0.1, 0.15) is 0 Å². The van der Waals surface area contributed by atoms with Gasteiger partial charge in [0.05, 0.1) is 13.0 Å². The van der Waals surface area contributed by atoms with Gasteiger partial charge in [-0.25, -0.2) is 0 Å². The zero-order valence-corrected chi connectivity index (χ0v) is 13.3. The third kappa shape index (κ3) is 4.31. The van der Waals surface area contributed by atoms with E-state index in [2.05, 4.69) is 21.2 Å². The number of halogens is 1. The number of anilines is 2. The molecule has 0 saturated carbocycles. The van der Waals surface area contributed by atoms with Crippen molar-refractivity contribution in [1.82, 2.24) is 0 Å². The van der Waals surface area contributed by atoms with Crippen LogP contribution in [0.15, 0.2) is 46.9 Å². The summed E-state index contributed by atoms with van der Waals surface area (Å²) >= 11 is 3.47. The molecule has 2 aromatic carbocycles. The Morgan fingerprint density at radius 1 is 1.24 bits per heavy atom. The Morgan fingerprint density at radius 3 is 2.62 bits per heavy atom. The first-order valence-electron chi connectivity index (χ1n) is 6.50. The van der Waals surface area contributed by atoms with E-state index in [0.717, 1.165) is 21.3 Å². The van der Waals surface area contributed by atoms with Crippen molar-refractivity contribution in [1.29, 1.82) is 0 Å². The van der Waals surface area contributed by atoms with Gasteiger partial charge in [-0.15, -0.1) is 0 Å². The van der Waals surface area contributed by atoms with Gasteiger partial charge in [-0.2, -0.15) is 0 Å². The molecule has 3 N–H and O–H groups in total. The Labute approximate surface area is 132 Å². The minimum Gasteiger partial charge on any atom is -0.399 e. The Balaban J connectivity index is 2.09. The van der Waals surface area contributed by atoms with Crippen LogP contribution in [0.2, 0.25) is 0 Å². The predicted molar refractivity (Wildman–Crippen MR) is 88.0 cm³/mol. The van der Waals surface area contributed by atoms with E-state index in [1.54, 1.807) is 19.2 Å². The maximum atomic E-state index is 12.1. The molecule has 0 atom stereocenters. The summed E-state index contributed by atoms with van der Waals surface area (Å²) in [7, 11) is 1.62. The molecule has 0 radical (unpaired) electrons. The Hall–Kier alpha value is -1.85. The van der Waals surface area contributed by atoms with E-state index in [-0.39, 0.29) is 5.91 Å². The zero-order chi connectivity index (χ0) is 15.2. The van der Waals surface area contributed by atoms with E-state index in [1.807, 2.05) is 30.3 Å². The molecule has 0 aliphatic carbocycles. The minimum atomic E-state index is -0.0739. The molecule has 0 unspecified atom stereocenters. The van der Waals surface area contributed by atoms with Crippen LogP contribution in [0, 0.1) is 0 Å². The van der Waals surface area contributed by atoms with E-state index in [9.17, 15) is 4.79 Å². The normalized spacial score (nSPS) is 10.4. The molecule has 0 aliphatic heterocycles. The van der Waals surface area contributed by atoms with Crippen molar-refractivity contribution < 1.29 is 9.53 Å². The van der Waals surface area contributed by atoms with Gasteiger partial charge in [0.15, 0.2) is 0 Å². The molecule has 0 bridgehead atoms. The van der Waals surface area contributed by atoms with E-state index < -0.39 is 0 Å². The van der Waals surface area contributed by atoms with Crippen LogP contribution in [0.25, 0.3) is 0 Å². The lowest BCUT2D eigenvalue weighted by Gasteiger charge is -2.12. The minimum absolute atomic E-state index is 0.0739. The van der Waals surface area contributed by atoms with Crippen LogP contribution in [-0.2, 0) is 22.6 Å². The topological polar surface area (TPSA) is 64.3 Å². The summed E-state index contributed by atoms with van der Waals surface area (Å²) in [5, 5.41) is 2.92. The molecule has 0 fully saturated rings. The summed E-state index contributed by atoms with van der Waals surface area (Å²) in [5.41, 5.74) is 8.92. The van der Waals surface area contributed by atoms with Crippen LogP contribution in [0.5, 0.6) is 0 Å². The van der Waals surface area contributed by atoms with E-state index >= 15 is 0 Å².